The van der Waals surface area contributed by atoms with Crippen molar-refractivity contribution >= 4 is 17.7 Å². The van der Waals surface area contributed by atoms with Crippen molar-refractivity contribution in [1.29, 1.82) is 0 Å². The predicted octanol–water partition coefficient (Wildman–Crippen LogP) is 2.04. The van der Waals surface area contributed by atoms with Gasteiger partial charge in [-0.15, -0.1) is 0 Å². The summed E-state index contributed by atoms with van der Waals surface area (Å²) in [6.45, 7) is 3.74. The molecule has 1 aliphatic carbocycles. The molecular formula is C12H19N3OS. The fourth-order valence-electron chi connectivity index (χ4n) is 2.43. The van der Waals surface area contributed by atoms with Crippen molar-refractivity contribution in [3.63, 3.8) is 0 Å². The Kier molecular flexibility index (Phi) is 3.76. The number of amides is 1. The molecule has 1 saturated carbocycles. The topological polar surface area (TPSA) is 57.8 Å². The van der Waals surface area contributed by atoms with E-state index in [1.165, 1.54) is 6.42 Å². The zero-order valence-corrected chi connectivity index (χ0v) is 11.4. The summed E-state index contributed by atoms with van der Waals surface area (Å²) in [6.07, 6.45) is 5.52. The average molecular weight is 253 g/mol. The van der Waals surface area contributed by atoms with Crippen LogP contribution in [0.5, 0.6) is 0 Å². The largest absolute Gasteiger partial charge is 0.349 e. The van der Waals surface area contributed by atoms with Crippen LogP contribution in [-0.2, 0) is 0 Å². The first-order valence-electron chi connectivity index (χ1n) is 5.97. The molecule has 1 fully saturated rings. The summed E-state index contributed by atoms with van der Waals surface area (Å²) in [4.78, 5) is 12.1. The van der Waals surface area contributed by atoms with E-state index in [0.29, 0.717) is 16.9 Å². The molecule has 17 heavy (non-hydrogen) atoms. The van der Waals surface area contributed by atoms with Gasteiger partial charge in [0.15, 0.2) is 0 Å². The van der Waals surface area contributed by atoms with Crippen LogP contribution in [0.4, 0.5) is 0 Å². The van der Waals surface area contributed by atoms with E-state index in [9.17, 15) is 4.79 Å². The fraction of sp³-hybridized carbons (Fsp3) is 0.667. The number of rotatable bonds is 3. The van der Waals surface area contributed by atoms with Gasteiger partial charge in [-0.2, -0.15) is 16.9 Å². The van der Waals surface area contributed by atoms with Gasteiger partial charge in [-0.25, -0.2) is 0 Å². The maximum absolute atomic E-state index is 12.1. The molecular weight excluding hydrogens is 234 g/mol. The summed E-state index contributed by atoms with van der Waals surface area (Å²) in [5.41, 5.74) is 2.33. The SMILES string of the molecule is CSC1CCC(NC(=O)c2c(C)n[nH]c2C)C1. The van der Waals surface area contributed by atoms with E-state index in [4.69, 9.17) is 0 Å². The molecule has 5 heteroatoms. The van der Waals surface area contributed by atoms with Crippen LogP contribution in [0.15, 0.2) is 0 Å². The molecule has 0 aromatic carbocycles. The van der Waals surface area contributed by atoms with Gasteiger partial charge in [0.1, 0.15) is 0 Å². The van der Waals surface area contributed by atoms with Gasteiger partial charge in [0, 0.05) is 17.0 Å². The number of nitrogens with one attached hydrogen (secondary N) is 2. The molecule has 0 saturated heterocycles. The van der Waals surface area contributed by atoms with Gasteiger partial charge in [-0.05, 0) is 39.4 Å². The van der Waals surface area contributed by atoms with Crippen LogP contribution in [0.25, 0.3) is 0 Å². The maximum atomic E-state index is 12.1. The smallest absolute Gasteiger partial charge is 0.255 e. The third-order valence-electron chi connectivity index (χ3n) is 3.41. The van der Waals surface area contributed by atoms with Crippen LogP contribution >= 0.6 is 11.8 Å². The minimum absolute atomic E-state index is 0.0144. The van der Waals surface area contributed by atoms with Crippen molar-refractivity contribution in [3.05, 3.63) is 17.0 Å². The molecule has 1 aromatic rings. The van der Waals surface area contributed by atoms with Crippen molar-refractivity contribution in [3.8, 4) is 0 Å². The minimum atomic E-state index is 0.0144. The van der Waals surface area contributed by atoms with Crippen LogP contribution in [0, 0.1) is 13.8 Å². The maximum Gasteiger partial charge on any atom is 0.255 e. The highest BCUT2D eigenvalue weighted by Crippen LogP contribution is 2.28. The van der Waals surface area contributed by atoms with E-state index in [1.807, 2.05) is 25.6 Å². The second kappa shape index (κ2) is 5.12. The Morgan fingerprint density at radius 1 is 1.47 bits per heavy atom. The zero-order valence-electron chi connectivity index (χ0n) is 10.5. The highest BCUT2D eigenvalue weighted by molar-refractivity contribution is 7.99. The molecule has 1 aliphatic rings. The van der Waals surface area contributed by atoms with Crippen molar-refractivity contribution in [1.82, 2.24) is 15.5 Å². The van der Waals surface area contributed by atoms with Crippen LogP contribution in [0.1, 0.15) is 41.0 Å². The Morgan fingerprint density at radius 3 is 2.76 bits per heavy atom. The molecule has 1 heterocycles. The summed E-state index contributed by atoms with van der Waals surface area (Å²) < 4.78 is 0. The van der Waals surface area contributed by atoms with Gasteiger partial charge in [-0.1, -0.05) is 0 Å². The lowest BCUT2D eigenvalue weighted by molar-refractivity contribution is 0.0937. The van der Waals surface area contributed by atoms with Gasteiger partial charge < -0.3 is 5.32 Å². The van der Waals surface area contributed by atoms with Crippen LogP contribution in [0.2, 0.25) is 0 Å². The third-order valence-corrected chi connectivity index (χ3v) is 4.50. The Bertz CT molecular complexity index is 396. The third kappa shape index (κ3) is 2.65. The number of aromatic nitrogens is 2. The van der Waals surface area contributed by atoms with Crippen LogP contribution in [0.3, 0.4) is 0 Å². The first kappa shape index (κ1) is 12.5. The molecule has 0 radical (unpaired) electrons. The molecule has 2 rings (SSSR count). The summed E-state index contributed by atoms with van der Waals surface area (Å²) >= 11 is 1.90. The molecule has 0 aliphatic heterocycles. The summed E-state index contributed by atoms with van der Waals surface area (Å²) in [5.74, 6) is 0.0144. The second-order valence-electron chi connectivity index (χ2n) is 4.65. The number of hydrogen-bond acceptors (Lipinski definition) is 3. The van der Waals surface area contributed by atoms with Crippen molar-refractivity contribution in [2.45, 2.75) is 44.4 Å². The number of H-pyrrole nitrogens is 1. The Labute approximate surface area is 106 Å². The molecule has 1 aromatic heterocycles. The summed E-state index contributed by atoms with van der Waals surface area (Å²) in [7, 11) is 0. The van der Waals surface area contributed by atoms with Crippen molar-refractivity contribution < 1.29 is 4.79 Å². The molecule has 2 unspecified atom stereocenters. The lowest BCUT2D eigenvalue weighted by atomic mass is 10.1. The van der Waals surface area contributed by atoms with Gasteiger partial charge in [0.05, 0.1) is 11.3 Å². The van der Waals surface area contributed by atoms with E-state index < -0.39 is 0 Å². The molecule has 0 bridgehead atoms. The number of hydrogen-bond donors (Lipinski definition) is 2. The quantitative estimate of drug-likeness (QED) is 0.866. The molecule has 4 nitrogen and oxygen atoms in total. The number of thioether (sulfide) groups is 1. The van der Waals surface area contributed by atoms with E-state index in [2.05, 4.69) is 21.8 Å². The van der Waals surface area contributed by atoms with Crippen LogP contribution < -0.4 is 5.32 Å². The first-order chi connectivity index (χ1) is 8.11. The minimum Gasteiger partial charge on any atom is -0.349 e. The van der Waals surface area contributed by atoms with Crippen molar-refractivity contribution in [2.75, 3.05) is 6.26 Å². The number of nitrogens with zero attached hydrogens (tertiary/aromatic N) is 1. The number of aromatic amines is 1. The first-order valence-corrected chi connectivity index (χ1v) is 7.25. The van der Waals surface area contributed by atoms with Gasteiger partial charge in [0.25, 0.3) is 5.91 Å². The number of aryl methyl sites for hydroxylation is 2. The van der Waals surface area contributed by atoms with Crippen molar-refractivity contribution in [2.24, 2.45) is 0 Å². The summed E-state index contributed by atoms with van der Waals surface area (Å²) in [6, 6.07) is 0.327. The molecule has 1 amide bonds. The molecule has 94 valence electrons. The summed E-state index contributed by atoms with van der Waals surface area (Å²) in [5, 5.41) is 10.7. The molecule has 0 spiro atoms. The fourth-order valence-corrected chi connectivity index (χ4v) is 3.22. The van der Waals surface area contributed by atoms with E-state index in [1.54, 1.807) is 0 Å². The van der Waals surface area contributed by atoms with Gasteiger partial charge in [-0.3, -0.25) is 9.89 Å². The zero-order chi connectivity index (χ0) is 12.4. The second-order valence-corrected chi connectivity index (χ2v) is 5.79. The van der Waals surface area contributed by atoms with Gasteiger partial charge in [0.2, 0.25) is 0 Å². The number of carbonyl (C=O) groups excluding carboxylic acids is 1. The van der Waals surface area contributed by atoms with Crippen LogP contribution in [-0.4, -0.2) is 33.7 Å². The Hall–Kier alpha value is -0.970. The van der Waals surface area contributed by atoms with E-state index in [0.717, 1.165) is 24.2 Å². The average Bonchev–Trinajstić information content (AvgIpc) is 2.86. The van der Waals surface area contributed by atoms with E-state index in [-0.39, 0.29) is 5.91 Å². The van der Waals surface area contributed by atoms with Gasteiger partial charge >= 0.3 is 0 Å². The normalized spacial score (nSPS) is 23.9. The monoisotopic (exact) mass is 253 g/mol. The highest BCUT2D eigenvalue weighted by Gasteiger charge is 2.26. The lowest BCUT2D eigenvalue weighted by Crippen LogP contribution is -2.33. The molecule has 2 atom stereocenters. The highest BCUT2D eigenvalue weighted by atomic mass is 32.2. The Balaban J connectivity index is 1.99. The Morgan fingerprint density at radius 2 is 2.24 bits per heavy atom. The van der Waals surface area contributed by atoms with E-state index >= 15 is 0 Å². The standard InChI is InChI=1S/C12H19N3OS/c1-7-11(8(2)15-14-7)12(16)13-9-4-5-10(6-9)17-3/h9-10H,4-6H2,1-3H3,(H,13,16)(H,14,15). The lowest BCUT2D eigenvalue weighted by Gasteiger charge is -2.12. The predicted molar refractivity (Wildman–Crippen MR) is 70.5 cm³/mol. The number of carbonyl (C=O) groups is 1. The molecule has 2 N–H and O–H groups in total.